The minimum Gasteiger partial charge on any atom is -0.497 e. The third-order valence-electron chi connectivity index (χ3n) is 4.22. The van der Waals surface area contributed by atoms with Crippen LogP contribution in [0.15, 0.2) is 18.2 Å². The number of nitrogens with one attached hydrogen (secondary N) is 1. The molecular formula is C18H24FN3OS. The summed E-state index contributed by atoms with van der Waals surface area (Å²) in [5.41, 5.74) is 0.715. The van der Waals surface area contributed by atoms with Crippen molar-refractivity contribution in [2.75, 3.05) is 7.11 Å². The Kier molecular flexibility index (Phi) is 4.88. The van der Waals surface area contributed by atoms with Crippen molar-refractivity contribution in [2.24, 2.45) is 5.92 Å². The quantitative estimate of drug-likeness (QED) is 0.848. The molecule has 0 amide bonds. The number of methoxy groups -OCH3 is 1. The van der Waals surface area contributed by atoms with Gasteiger partial charge in [-0.25, -0.2) is 4.39 Å². The third-order valence-corrected chi connectivity index (χ3v) is 5.57. The number of nitrogens with zero attached hydrogens (tertiary/aromatic N) is 2. The molecule has 0 spiro atoms. The van der Waals surface area contributed by atoms with E-state index in [2.05, 4.69) is 36.3 Å². The molecule has 1 unspecified atom stereocenters. The molecule has 0 bridgehead atoms. The summed E-state index contributed by atoms with van der Waals surface area (Å²) in [5.74, 6) is 0.819. The molecule has 0 radical (unpaired) electrons. The predicted octanol–water partition coefficient (Wildman–Crippen LogP) is 4.22. The molecule has 130 valence electrons. The molecule has 3 rings (SSSR count). The van der Waals surface area contributed by atoms with Gasteiger partial charge in [0, 0.05) is 23.1 Å². The molecule has 1 heterocycles. The van der Waals surface area contributed by atoms with Crippen LogP contribution in [-0.4, -0.2) is 17.3 Å². The molecule has 0 saturated heterocycles. The molecule has 1 atom stereocenters. The Morgan fingerprint density at radius 1 is 1.33 bits per heavy atom. The minimum atomic E-state index is -0.216. The van der Waals surface area contributed by atoms with Gasteiger partial charge < -0.3 is 10.1 Å². The topological polar surface area (TPSA) is 47.0 Å². The van der Waals surface area contributed by atoms with Crippen LogP contribution in [-0.2, 0) is 12.0 Å². The third kappa shape index (κ3) is 3.92. The summed E-state index contributed by atoms with van der Waals surface area (Å²) in [7, 11) is 1.55. The molecule has 1 aromatic carbocycles. The summed E-state index contributed by atoms with van der Waals surface area (Å²) in [5, 5.41) is 14.0. The predicted molar refractivity (Wildman–Crippen MR) is 93.9 cm³/mol. The van der Waals surface area contributed by atoms with Crippen molar-refractivity contribution in [1.29, 1.82) is 0 Å². The van der Waals surface area contributed by atoms with Crippen LogP contribution in [0.1, 0.15) is 55.2 Å². The van der Waals surface area contributed by atoms with E-state index in [1.807, 2.05) is 12.1 Å². The van der Waals surface area contributed by atoms with Gasteiger partial charge in [0.2, 0.25) is 0 Å². The summed E-state index contributed by atoms with van der Waals surface area (Å²) in [6, 6.07) is 5.11. The highest BCUT2D eigenvalue weighted by molar-refractivity contribution is 7.11. The maximum Gasteiger partial charge on any atom is 0.131 e. The first-order valence-electron chi connectivity index (χ1n) is 8.28. The Labute approximate surface area is 146 Å². The first-order chi connectivity index (χ1) is 11.4. The van der Waals surface area contributed by atoms with E-state index in [1.165, 1.54) is 6.07 Å². The lowest BCUT2D eigenvalue weighted by molar-refractivity contribution is 0.406. The van der Waals surface area contributed by atoms with E-state index in [0.717, 1.165) is 22.9 Å². The van der Waals surface area contributed by atoms with E-state index in [9.17, 15) is 4.39 Å². The second-order valence-corrected chi connectivity index (χ2v) is 8.40. The van der Waals surface area contributed by atoms with Gasteiger partial charge in [0.25, 0.3) is 0 Å². The largest absolute Gasteiger partial charge is 0.497 e. The summed E-state index contributed by atoms with van der Waals surface area (Å²) in [6.45, 7) is 7.00. The van der Waals surface area contributed by atoms with Crippen LogP contribution in [0.2, 0.25) is 0 Å². The zero-order valence-corrected chi connectivity index (χ0v) is 15.4. The van der Waals surface area contributed by atoms with Gasteiger partial charge in [0.05, 0.1) is 13.7 Å². The molecule has 1 aromatic heterocycles. The summed E-state index contributed by atoms with van der Waals surface area (Å²) >= 11 is 1.62. The maximum atomic E-state index is 14.4. The van der Waals surface area contributed by atoms with Gasteiger partial charge in [-0.1, -0.05) is 38.2 Å². The second-order valence-electron chi connectivity index (χ2n) is 7.33. The van der Waals surface area contributed by atoms with Crippen molar-refractivity contribution < 1.29 is 9.13 Å². The highest BCUT2D eigenvalue weighted by Crippen LogP contribution is 2.42. The summed E-state index contributed by atoms with van der Waals surface area (Å²) in [6.07, 6.45) is 2.26. The zero-order valence-electron chi connectivity index (χ0n) is 14.6. The van der Waals surface area contributed by atoms with E-state index >= 15 is 0 Å². The Hall–Kier alpha value is -1.53. The van der Waals surface area contributed by atoms with Gasteiger partial charge in [-0.2, -0.15) is 0 Å². The molecular weight excluding hydrogens is 325 g/mol. The summed E-state index contributed by atoms with van der Waals surface area (Å²) in [4.78, 5) is 0. The fraction of sp³-hybridized carbons (Fsp3) is 0.556. The standard InChI is InChI=1S/C18H24FN3OS/c1-18(2,3)17-22-21-15(24-17)10-20-16(11-5-6-11)13-8-7-12(23-4)9-14(13)19/h7-9,11,16,20H,5-6,10H2,1-4H3. The van der Waals surface area contributed by atoms with Gasteiger partial charge >= 0.3 is 0 Å². The van der Waals surface area contributed by atoms with E-state index in [1.54, 1.807) is 18.4 Å². The molecule has 1 fully saturated rings. The number of rotatable bonds is 6. The molecule has 4 nitrogen and oxygen atoms in total. The zero-order chi connectivity index (χ0) is 17.3. The monoisotopic (exact) mass is 349 g/mol. The van der Waals surface area contributed by atoms with Crippen molar-refractivity contribution in [3.8, 4) is 5.75 Å². The van der Waals surface area contributed by atoms with Gasteiger partial charge in [-0.15, -0.1) is 10.2 Å². The molecule has 1 N–H and O–H groups in total. The number of hydrogen-bond donors (Lipinski definition) is 1. The molecule has 24 heavy (non-hydrogen) atoms. The van der Waals surface area contributed by atoms with Gasteiger partial charge in [0.15, 0.2) is 0 Å². The second kappa shape index (κ2) is 6.76. The van der Waals surface area contributed by atoms with Crippen LogP contribution in [0, 0.1) is 11.7 Å². The lowest BCUT2D eigenvalue weighted by Crippen LogP contribution is -2.23. The number of hydrogen-bond acceptors (Lipinski definition) is 5. The van der Waals surface area contributed by atoms with Crippen molar-refractivity contribution in [3.05, 3.63) is 39.6 Å². The highest BCUT2D eigenvalue weighted by Gasteiger charge is 2.34. The lowest BCUT2D eigenvalue weighted by atomic mass is 9.98. The number of ether oxygens (including phenoxy) is 1. The number of benzene rings is 1. The first kappa shape index (κ1) is 17.3. The normalized spacial score (nSPS) is 16.2. The van der Waals surface area contributed by atoms with E-state index in [4.69, 9.17) is 4.74 Å². The average Bonchev–Trinajstić information content (AvgIpc) is 3.24. The average molecular weight is 349 g/mol. The Balaban J connectivity index is 1.72. The van der Waals surface area contributed by atoms with E-state index in [-0.39, 0.29) is 17.3 Å². The van der Waals surface area contributed by atoms with Crippen LogP contribution in [0.4, 0.5) is 4.39 Å². The van der Waals surface area contributed by atoms with Crippen molar-refractivity contribution in [1.82, 2.24) is 15.5 Å². The smallest absolute Gasteiger partial charge is 0.131 e. The van der Waals surface area contributed by atoms with Crippen molar-refractivity contribution in [2.45, 2.75) is 51.6 Å². The molecule has 1 saturated carbocycles. The Bertz CT molecular complexity index is 707. The maximum absolute atomic E-state index is 14.4. The lowest BCUT2D eigenvalue weighted by Gasteiger charge is -2.19. The van der Waals surface area contributed by atoms with Crippen LogP contribution < -0.4 is 10.1 Å². The van der Waals surface area contributed by atoms with Gasteiger partial charge in [-0.05, 0) is 24.8 Å². The summed E-state index contributed by atoms with van der Waals surface area (Å²) < 4.78 is 19.5. The molecule has 2 aromatic rings. The molecule has 1 aliphatic rings. The number of halogens is 1. The van der Waals surface area contributed by atoms with Gasteiger partial charge in [-0.3, -0.25) is 0 Å². The van der Waals surface area contributed by atoms with Crippen LogP contribution in [0.5, 0.6) is 5.75 Å². The molecule has 0 aliphatic heterocycles. The van der Waals surface area contributed by atoms with Crippen LogP contribution in [0.3, 0.4) is 0 Å². The van der Waals surface area contributed by atoms with Crippen LogP contribution in [0.25, 0.3) is 0 Å². The van der Waals surface area contributed by atoms with Gasteiger partial charge in [0.1, 0.15) is 21.6 Å². The first-order valence-corrected chi connectivity index (χ1v) is 9.10. The Morgan fingerprint density at radius 2 is 2.08 bits per heavy atom. The van der Waals surface area contributed by atoms with Crippen molar-refractivity contribution in [3.63, 3.8) is 0 Å². The SMILES string of the molecule is COc1ccc(C(NCc2nnc(C(C)(C)C)s2)C2CC2)c(F)c1. The molecule has 6 heteroatoms. The highest BCUT2D eigenvalue weighted by atomic mass is 32.1. The van der Waals surface area contributed by atoms with E-state index in [0.29, 0.717) is 23.8 Å². The fourth-order valence-electron chi connectivity index (χ4n) is 2.67. The van der Waals surface area contributed by atoms with Crippen molar-refractivity contribution >= 4 is 11.3 Å². The Morgan fingerprint density at radius 3 is 2.62 bits per heavy atom. The van der Waals surface area contributed by atoms with Crippen LogP contribution >= 0.6 is 11.3 Å². The molecule has 1 aliphatic carbocycles. The number of aromatic nitrogens is 2. The van der Waals surface area contributed by atoms with E-state index < -0.39 is 0 Å². The fourth-order valence-corrected chi connectivity index (χ4v) is 3.52. The minimum absolute atomic E-state index is 0.00784.